The maximum Gasteiger partial charge on any atom is 0.224 e. The van der Waals surface area contributed by atoms with Gasteiger partial charge in [0.15, 0.2) is 5.78 Å². The monoisotopic (exact) mass is 287 g/mol. The lowest BCUT2D eigenvalue weighted by Gasteiger charge is -2.41. The third-order valence-corrected chi connectivity index (χ3v) is 4.69. The zero-order valence-corrected chi connectivity index (χ0v) is 13.2. The van der Waals surface area contributed by atoms with Crippen molar-refractivity contribution in [1.82, 2.24) is 5.32 Å². The Labute approximate surface area is 127 Å². The van der Waals surface area contributed by atoms with Gasteiger partial charge in [0.05, 0.1) is 6.54 Å². The van der Waals surface area contributed by atoms with E-state index in [9.17, 15) is 9.59 Å². The minimum Gasteiger partial charge on any atom is -0.348 e. The van der Waals surface area contributed by atoms with Crippen molar-refractivity contribution in [1.29, 1.82) is 0 Å². The van der Waals surface area contributed by atoms with Gasteiger partial charge in [-0.2, -0.15) is 0 Å². The molecule has 1 N–H and O–H groups in total. The highest BCUT2D eigenvalue weighted by atomic mass is 16.2. The lowest BCUT2D eigenvalue weighted by Crippen LogP contribution is -2.46. The molecule has 0 spiro atoms. The zero-order valence-electron chi connectivity index (χ0n) is 13.2. The van der Waals surface area contributed by atoms with E-state index in [4.69, 9.17) is 0 Å². The van der Waals surface area contributed by atoms with E-state index in [1.807, 2.05) is 18.2 Å². The third kappa shape index (κ3) is 3.72. The molecule has 1 aromatic carbocycles. The summed E-state index contributed by atoms with van der Waals surface area (Å²) in [5, 5.41) is 2.85. The predicted molar refractivity (Wildman–Crippen MR) is 84.1 cm³/mol. The molecule has 1 saturated carbocycles. The molecule has 1 fully saturated rings. The van der Waals surface area contributed by atoms with Gasteiger partial charge in [0.25, 0.3) is 0 Å². The van der Waals surface area contributed by atoms with Crippen molar-refractivity contribution in [2.45, 2.75) is 40.0 Å². The molecule has 0 aromatic heterocycles. The van der Waals surface area contributed by atoms with Crippen LogP contribution in [0, 0.1) is 17.3 Å². The first-order chi connectivity index (χ1) is 9.92. The van der Waals surface area contributed by atoms with Crippen LogP contribution in [-0.2, 0) is 4.79 Å². The fourth-order valence-corrected chi connectivity index (χ4v) is 3.59. The van der Waals surface area contributed by atoms with Gasteiger partial charge < -0.3 is 5.32 Å². The Morgan fingerprint density at radius 3 is 2.52 bits per heavy atom. The number of Topliss-reactive ketones (excluding diaryl/α,β-unsaturated/α-hetero) is 1. The fourth-order valence-electron chi connectivity index (χ4n) is 3.59. The second kappa shape index (κ2) is 6.42. The number of carbonyl (C=O) groups excluding carboxylic acids is 2. The van der Waals surface area contributed by atoms with Gasteiger partial charge in [0.2, 0.25) is 5.91 Å². The summed E-state index contributed by atoms with van der Waals surface area (Å²) in [6, 6.07) is 9.10. The quantitative estimate of drug-likeness (QED) is 0.862. The molecule has 1 amide bonds. The summed E-state index contributed by atoms with van der Waals surface area (Å²) in [4.78, 5) is 24.6. The summed E-state index contributed by atoms with van der Waals surface area (Å²) < 4.78 is 0. The van der Waals surface area contributed by atoms with Gasteiger partial charge in [-0.15, -0.1) is 0 Å². The summed E-state index contributed by atoms with van der Waals surface area (Å²) in [6.07, 6.45) is 3.34. The maximum atomic E-state index is 12.5. The highest BCUT2D eigenvalue weighted by Gasteiger charge is 2.41. The molecule has 1 aliphatic rings. The van der Waals surface area contributed by atoms with E-state index < -0.39 is 0 Å². The van der Waals surface area contributed by atoms with Gasteiger partial charge in [0, 0.05) is 11.5 Å². The van der Waals surface area contributed by atoms with Crippen molar-refractivity contribution in [3.8, 4) is 0 Å². The highest BCUT2D eigenvalue weighted by Crippen LogP contribution is 2.43. The van der Waals surface area contributed by atoms with E-state index >= 15 is 0 Å². The second-order valence-electron chi connectivity index (χ2n) is 6.84. The molecular formula is C18H25NO2. The molecule has 0 radical (unpaired) electrons. The molecule has 1 aliphatic carbocycles. The average Bonchev–Trinajstić information content (AvgIpc) is 2.44. The SMILES string of the molecule is C[C@@H]1CCCC(C)(C)[C@@H]1C(=O)NCC(=O)c1ccccc1. The molecule has 2 rings (SSSR count). The first kappa shape index (κ1) is 15.7. The number of hydrogen-bond acceptors (Lipinski definition) is 2. The van der Waals surface area contributed by atoms with Crippen LogP contribution in [0.4, 0.5) is 0 Å². The topological polar surface area (TPSA) is 46.2 Å². The van der Waals surface area contributed by atoms with Gasteiger partial charge in [-0.05, 0) is 24.2 Å². The number of carbonyl (C=O) groups is 2. The molecule has 0 saturated heterocycles. The van der Waals surface area contributed by atoms with E-state index in [1.165, 1.54) is 6.42 Å². The van der Waals surface area contributed by atoms with Crippen LogP contribution in [0.3, 0.4) is 0 Å². The zero-order chi connectivity index (χ0) is 15.5. The first-order valence-electron chi connectivity index (χ1n) is 7.78. The minimum absolute atomic E-state index is 0.00479. The normalized spacial score (nSPS) is 24.3. The first-order valence-corrected chi connectivity index (χ1v) is 7.78. The van der Waals surface area contributed by atoms with E-state index in [1.54, 1.807) is 12.1 Å². The largest absolute Gasteiger partial charge is 0.348 e. The van der Waals surface area contributed by atoms with E-state index in [-0.39, 0.29) is 29.6 Å². The molecule has 21 heavy (non-hydrogen) atoms. The fraction of sp³-hybridized carbons (Fsp3) is 0.556. The Kier molecular flexibility index (Phi) is 4.81. The average molecular weight is 287 g/mol. The van der Waals surface area contributed by atoms with Gasteiger partial charge in [-0.1, -0.05) is 57.5 Å². The van der Waals surface area contributed by atoms with Crippen molar-refractivity contribution >= 4 is 11.7 Å². The summed E-state index contributed by atoms with van der Waals surface area (Å²) in [5.41, 5.74) is 0.658. The van der Waals surface area contributed by atoms with Crippen LogP contribution in [0.2, 0.25) is 0 Å². The Morgan fingerprint density at radius 1 is 1.24 bits per heavy atom. The predicted octanol–water partition coefficient (Wildman–Crippen LogP) is 3.45. The molecule has 3 heteroatoms. The summed E-state index contributed by atoms with van der Waals surface area (Å²) >= 11 is 0. The van der Waals surface area contributed by atoms with Gasteiger partial charge in [-0.3, -0.25) is 9.59 Å². The molecular weight excluding hydrogens is 262 g/mol. The molecule has 0 heterocycles. The van der Waals surface area contributed by atoms with Crippen LogP contribution in [0.15, 0.2) is 30.3 Å². The molecule has 1 aromatic rings. The Balaban J connectivity index is 1.96. The van der Waals surface area contributed by atoms with Gasteiger partial charge in [0.1, 0.15) is 0 Å². The van der Waals surface area contributed by atoms with E-state index in [0.717, 1.165) is 12.8 Å². The number of rotatable bonds is 4. The van der Waals surface area contributed by atoms with Crippen LogP contribution in [-0.4, -0.2) is 18.2 Å². The summed E-state index contributed by atoms with van der Waals surface area (Å²) in [6.45, 7) is 6.55. The Hall–Kier alpha value is -1.64. The van der Waals surface area contributed by atoms with Crippen molar-refractivity contribution < 1.29 is 9.59 Å². The maximum absolute atomic E-state index is 12.5. The van der Waals surface area contributed by atoms with Crippen molar-refractivity contribution in [2.24, 2.45) is 17.3 Å². The molecule has 0 bridgehead atoms. The summed E-state index contributed by atoms with van der Waals surface area (Å²) in [7, 11) is 0. The number of nitrogens with one attached hydrogen (secondary N) is 1. The molecule has 3 nitrogen and oxygen atoms in total. The number of hydrogen-bond donors (Lipinski definition) is 1. The van der Waals surface area contributed by atoms with Crippen LogP contribution in [0.1, 0.15) is 50.4 Å². The van der Waals surface area contributed by atoms with E-state index in [0.29, 0.717) is 11.5 Å². The Bertz CT molecular complexity index is 507. The van der Waals surface area contributed by atoms with Crippen LogP contribution in [0.5, 0.6) is 0 Å². The molecule has 2 atom stereocenters. The number of ketones is 1. The van der Waals surface area contributed by atoms with Crippen LogP contribution in [0.25, 0.3) is 0 Å². The van der Waals surface area contributed by atoms with Crippen molar-refractivity contribution in [2.75, 3.05) is 6.54 Å². The van der Waals surface area contributed by atoms with Gasteiger partial charge >= 0.3 is 0 Å². The summed E-state index contributed by atoms with van der Waals surface area (Å²) in [5.74, 6) is 0.358. The standard InChI is InChI=1S/C18H25NO2/c1-13-8-7-11-18(2,3)16(13)17(21)19-12-15(20)14-9-5-4-6-10-14/h4-6,9-10,13,16H,7-8,11-12H2,1-3H3,(H,19,21)/t13-,16+/m1/s1. The lowest BCUT2D eigenvalue weighted by atomic mass is 9.64. The van der Waals surface area contributed by atoms with Crippen molar-refractivity contribution in [3.05, 3.63) is 35.9 Å². The third-order valence-electron chi connectivity index (χ3n) is 4.69. The highest BCUT2D eigenvalue weighted by molar-refractivity contribution is 5.99. The lowest BCUT2D eigenvalue weighted by molar-refractivity contribution is -0.132. The Morgan fingerprint density at radius 2 is 1.90 bits per heavy atom. The minimum atomic E-state index is -0.0368. The molecule has 0 unspecified atom stereocenters. The van der Waals surface area contributed by atoms with Crippen LogP contribution >= 0.6 is 0 Å². The second-order valence-corrected chi connectivity index (χ2v) is 6.84. The molecule has 0 aliphatic heterocycles. The number of amides is 1. The molecule has 114 valence electrons. The van der Waals surface area contributed by atoms with Gasteiger partial charge in [-0.25, -0.2) is 0 Å². The van der Waals surface area contributed by atoms with E-state index in [2.05, 4.69) is 26.1 Å². The van der Waals surface area contributed by atoms with Crippen LogP contribution < -0.4 is 5.32 Å². The number of benzene rings is 1. The smallest absolute Gasteiger partial charge is 0.224 e. The van der Waals surface area contributed by atoms with Crippen molar-refractivity contribution in [3.63, 3.8) is 0 Å².